The van der Waals surface area contributed by atoms with E-state index in [9.17, 15) is 0 Å². The van der Waals surface area contributed by atoms with Crippen LogP contribution >= 0.6 is 0 Å². The van der Waals surface area contributed by atoms with E-state index in [2.05, 4.69) is 22.2 Å². The third-order valence-corrected chi connectivity index (χ3v) is 3.45. The zero-order valence-electron chi connectivity index (χ0n) is 10.2. The molecule has 0 aromatic carbocycles. The van der Waals surface area contributed by atoms with Gasteiger partial charge in [0, 0.05) is 12.2 Å². The summed E-state index contributed by atoms with van der Waals surface area (Å²) in [6.07, 6.45) is 7.96. The van der Waals surface area contributed by atoms with E-state index in [0.717, 1.165) is 0 Å². The van der Waals surface area contributed by atoms with Crippen LogP contribution < -0.4 is 5.32 Å². The topological polar surface area (TPSA) is 61.6 Å². The molecule has 1 aliphatic rings. The quantitative estimate of drug-likeness (QED) is 0.793. The molecule has 1 aromatic heterocycles. The van der Waals surface area contributed by atoms with Gasteiger partial charge in [0.05, 0.1) is 0 Å². The lowest BCUT2D eigenvalue weighted by Gasteiger charge is -2.22. The Morgan fingerprint density at radius 1 is 1.35 bits per heavy atom. The van der Waals surface area contributed by atoms with Crippen LogP contribution in [-0.2, 0) is 0 Å². The predicted molar refractivity (Wildman–Crippen MR) is 66.4 cm³/mol. The first kappa shape index (κ1) is 11.8. The molecule has 4 heteroatoms. The number of rotatable bonds is 2. The highest BCUT2D eigenvalue weighted by atomic mass is 15.1. The molecule has 2 unspecified atom stereocenters. The van der Waals surface area contributed by atoms with Crippen molar-refractivity contribution in [3.63, 3.8) is 0 Å². The van der Waals surface area contributed by atoms with Crippen molar-refractivity contribution in [2.45, 2.75) is 45.1 Å². The van der Waals surface area contributed by atoms with Gasteiger partial charge < -0.3 is 5.32 Å². The highest BCUT2D eigenvalue weighted by Gasteiger charge is 2.20. The lowest BCUT2D eigenvalue weighted by Crippen LogP contribution is -2.27. The number of nitrogens with one attached hydrogen (secondary N) is 1. The van der Waals surface area contributed by atoms with Crippen LogP contribution in [0.2, 0.25) is 0 Å². The van der Waals surface area contributed by atoms with E-state index < -0.39 is 0 Å². The third-order valence-electron chi connectivity index (χ3n) is 3.45. The molecule has 0 saturated heterocycles. The molecule has 0 amide bonds. The number of nitrogens with zero attached hydrogens (tertiary/aromatic N) is 3. The Hall–Kier alpha value is -1.63. The monoisotopic (exact) mass is 230 g/mol. The Morgan fingerprint density at radius 3 is 3.00 bits per heavy atom. The van der Waals surface area contributed by atoms with Gasteiger partial charge in [0.1, 0.15) is 11.8 Å². The molecule has 0 bridgehead atoms. The average molecular weight is 230 g/mol. The number of hydrogen-bond donors (Lipinski definition) is 1. The zero-order chi connectivity index (χ0) is 12.1. The SMILES string of the molecule is CC1CCCCCC1Nc1nccc(C#N)n1. The Balaban J connectivity index is 2.05. The second-order valence-electron chi connectivity index (χ2n) is 4.74. The first-order chi connectivity index (χ1) is 8.29. The molecule has 0 aliphatic heterocycles. The highest BCUT2D eigenvalue weighted by molar-refractivity contribution is 5.31. The first-order valence-corrected chi connectivity index (χ1v) is 6.29. The maximum Gasteiger partial charge on any atom is 0.224 e. The fourth-order valence-corrected chi connectivity index (χ4v) is 2.36. The Morgan fingerprint density at radius 2 is 2.18 bits per heavy atom. The molecule has 90 valence electrons. The van der Waals surface area contributed by atoms with E-state index in [1.807, 2.05) is 6.07 Å². The third kappa shape index (κ3) is 3.16. The van der Waals surface area contributed by atoms with Gasteiger partial charge in [0.15, 0.2) is 0 Å². The van der Waals surface area contributed by atoms with E-state index in [1.165, 1.54) is 32.1 Å². The van der Waals surface area contributed by atoms with Crippen molar-refractivity contribution >= 4 is 5.95 Å². The summed E-state index contributed by atoms with van der Waals surface area (Å²) in [5, 5.41) is 12.2. The van der Waals surface area contributed by atoms with Crippen LogP contribution in [0.25, 0.3) is 0 Å². The molecule has 1 heterocycles. The van der Waals surface area contributed by atoms with Crippen molar-refractivity contribution < 1.29 is 0 Å². The van der Waals surface area contributed by atoms with Crippen molar-refractivity contribution in [2.24, 2.45) is 5.92 Å². The molecule has 1 saturated carbocycles. The van der Waals surface area contributed by atoms with Crippen molar-refractivity contribution in [1.29, 1.82) is 5.26 Å². The van der Waals surface area contributed by atoms with Crippen LogP contribution in [0.1, 0.15) is 44.7 Å². The average Bonchev–Trinajstić information content (AvgIpc) is 2.55. The molecule has 1 N–H and O–H groups in total. The normalized spacial score (nSPS) is 24.7. The molecule has 2 rings (SSSR count). The molecule has 1 fully saturated rings. The van der Waals surface area contributed by atoms with Gasteiger partial charge in [0.2, 0.25) is 5.95 Å². The Bertz CT molecular complexity index is 410. The number of aromatic nitrogens is 2. The van der Waals surface area contributed by atoms with Gasteiger partial charge in [-0.15, -0.1) is 0 Å². The molecule has 4 nitrogen and oxygen atoms in total. The highest BCUT2D eigenvalue weighted by Crippen LogP contribution is 2.24. The minimum Gasteiger partial charge on any atom is -0.351 e. The van der Waals surface area contributed by atoms with Crippen LogP contribution in [-0.4, -0.2) is 16.0 Å². The number of anilines is 1. The van der Waals surface area contributed by atoms with Gasteiger partial charge in [-0.2, -0.15) is 5.26 Å². The van der Waals surface area contributed by atoms with E-state index >= 15 is 0 Å². The minimum absolute atomic E-state index is 0.420. The molecule has 2 atom stereocenters. The van der Waals surface area contributed by atoms with Gasteiger partial charge in [-0.1, -0.05) is 26.2 Å². The summed E-state index contributed by atoms with van der Waals surface area (Å²) in [7, 11) is 0. The predicted octanol–water partition coefficient (Wildman–Crippen LogP) is 2.73. The lowest BCUT2D eigenvalue weighted by atomic mass is 9.97. The Kier molecular flexibility index (Phi) is 3.92. The zero-order valence-corrected chi connectivity index (χ0v) is 10.2. The van der Waals surface area contributed by atoms with Gasteiger partial charge in [0.25, 0.3) is 0 Å². The standard InChI is InChI=1S/C13H18N4/c1-10-5-3-2-4-6-12(10)17-13-15-8-7-11(9-14)16-13/h7-8,10,12H,2-6H2,1H3,(H,15,16,17). The van der Waals surface area contributed by atoms with Gasteiger partial charge >= 0.3 is 0 Å². The summed E-state index contributed by atoms with van der Waals surface area (Å²) in [6, 6.07) is 4.10. The summed E-state index contributed by atoms with van der Waals surface area (Å²) in [5.74, 6) is 1.23. The fourth-order valence-electron chi connectivity index (χ4n) is 2.36. The minimum atomic E-state index is 0.420. The summed E-state index contributed by atoms with van der Waals surface area (Å²) in [5.41, 5.74) is 0.420. The maximum atomic E-state index is 8.80. The number of hydrogen-bond acceptors (Lipinski definition) is 4. The van der Waals surface area contributed by atoms with E-state index in [4.69, 9.17) is 5.26 Å². The molecule has 1 aliphatic carbocycles. The lowest BCUT2D eigenvalue weighted by molar-refractivity contribution is 0.454. The van der Waals surface area contributed by atoms with E-state index in [-0.39, 0.29) is 0 Å². The van der Waals surface area contributed by atoms with E-state index in [0.29, 0.717) is 23.6 Å². The van der Waals surface area contributed by atoms with Crippen LogP contribution in [0.4, 0.5) is 5.95 Å². The van der Waals surface area contributed by atoms with Crippen LogP contribution in [0.3, 0.4) is 0 Å². The van der Waals surface area contributed by atoms with Crippen LogP contribution in [0.15, 0.2) is 12.3 Å². The van der Waals surface area contributed by atoms with Gasteiger partial charge in [-0.3, -0.25) is 0 Å². The van der Waals surface area contributed by atoms with Crippen LogP contribution in [0.5, 0.6) is 0 Å². The second-order valence-corrected chi connectivity index (χ2v) is 4.74. The summed E-state index contributed by atoms with van der Waals surface area (Å²) >= 11 is 0. The van der Waals surface area contributed by atoms with Crippen molar-refractivity contribution in [3.8, 4) is 6.07 Å². The van der Waals surface area contributed by atoms with Crippen LogP contribution in [0, 0.1) is 17.2 Å². The van der Waals surface area contributed by atoms with Crippen molar-refractivity contribution in [2.75, 3.05) is 5.32 Å². The molecule has 0 radical (unpaired) electrons. The van der Waals surface area contributed by atoms with Gasteiger partial charge in [-0.25, -0.2) is 9.97 Å². The van der Waals surface area contributed by atoms with E-state index in [1.54, 1.807) is 12.3 Å². The van der Waals surface area contributed by atoms with Gasteiger partial charge in [-0.05, 0) is 24.8 Å². The molecule has 0 spiro atoms. The molecule has 1 aromatic rings. The summed E-state index contributed by atoms with van der Waals surface area (Å²) in [4.78, 5) is 8.34. The molecular formula is C13H18N4. The fraction of sp³-hybridized carbons (Fsp3) is 0.615. The first-order valence-electron chi connectivity index (χ1n) is 6.29. The maximum absolute atomic E-state index is 8.80. The molecule has 17 heavy (non-hydrogen) atoms. The number of nitriles is 1. The summed E-state index contributed by atoms with van der Waals surface area (Å²) < 4.78 is 0. The largest absolute Gasteiger partial charge is 0.351 e. The second kappa shape index (κ2) is 5.62. The summed E-state index contributed by atoms with van der Waals surface area (Å²) in [6.45, 7) is 2.27. The smallest absolute Gasteiger partial charge is 0.224 e. The van der Waals surface area contributed by atoms with Crippen molar-refractivity contribution in [1.82, 2.24) is 9.97 Å². The Labute approximate surface area is 102 Å². The van der Waals surface area contributed by atoms with Crippen molar-refractivity contribution in [3.05, 3.63) is 18.0 Å². The molecular weight excluding hydrogens is 212 g/mol.